The van der Waals surface area contributed by atoms with Crippen molar-refractivity contribution in [3.63, 3.8) is 0 Å². The van der Waals surface area contributed by atoms with Crippen molar-refractivity contribution in [2.45, 2.75) is 6.18 Å². The number of nitrogens with one attached hydrogen (secondary N) is 1. The summed E-state index contributed by atoms with van der Waals surface area (Å²) in [4.78, 5) is 5.40. The first-order chi connectivity index (χ1) is 5.41. The van der Waals surface area contributed by atoms with Crippen molar-refractivity contribution in [1.29, 1.82) is 0 Å². The molecule has 1 heterocycles. The van der Waals surface area contributed by atoms with Crippen molar-refractivity contribution in [3.8, 4) is 0 Å². The van der Waals surface area contributed by atoms with Gasteiger partial charge in [0.15, 0.2) is 5.69 Å². The van der Waals surface area contributed by atoms with E-state index in [4.69, 9.17) is 0 Å². The van der Waals surface area contributed by atoms with Crippen LogP contribution >= 0.6 is 28.1 Å². The van der Waals surface area contributed by atoms with Crippen molar-refractivity contribution in [1.82, 2.24) is 9.97 Å². The minimum Gasteiger partial charge on any atom is -0.339 e. The molecule has 1 aromatic rings. The number of halogens is 4. The molecule has 2 nitrogen and oxygen atoms in total. The number of nitrogens with zero attached hydrogens (tertiary/aromatic N) is 1. The number of aromatic nitrogens is 2. The van der Waals surface area contributed by atoms with Gasteiger partial charge in [0.25, 0.3) is 0 Å². The highest BCUT2D eigenvalue weighted by Crippen LogP contribution is 2.31. The maximum absolute atomic E-state index is 12.1. The van der Waals surface area contributed by atoms with E-state index in [1.54, 1.807) is 0 Å². The van der Waals surface area contributed by atoms with Crippen LogP contribution in [0, 0.1) is 4.64 Å². The van der Waals surface area contributed by atoms with Crippen LogP contribution in [0.15, 0.2) is 10.8 Å². The summed E-state index contributed by atoms with van der Waals surface area (Å²) in [5, 5.41) is 0. The largest absolute Gasteiger partial charge is 0.433 e. The molecule has 0 saturated carbocycles. The average Bonchev–Trinajstić information content (AvgIpc) is 1.92. The monoisotopic (exact) mass is 258 g/mol. The van der Waals surface area contributed by atoms with Gasteiger partial charge in [0.05, 0.1) is 6.20 Å². The minimum atomic E-state index is -4.46. The normalized spacial score (nSPS) is 11.7. The zero-order chi connectivity index (χ0) is 9.35. The summed E-state index contributed by atoms with van der Waals surface area (Å²) in [6.07, 6.45) is -3.32. The summed E-state index contributed by atoms with van der Waals surface area (Å²) in [5.74, 6) is 0. The summed E-state index contributed by atoms with van der Waals surface area (Å²) in [6.45, 7) is 0. The summed E-state index contributed by atoms with van der Waals surface area (Å²) < 4.78 is 35.9. The van der Waals surface area contributed by atoms with Crippen LogP contribution in [0.4, 0.5) is 13.2 Å². The fourth-order valence-corrected chi connectivity index (χ4v) is 1.16. The SMILES string of the molecule is FC(F)(F)c1[nH]c(=S)cnc1Br. The minimum absolute atomic E-state index is 0.0504. The molecule has 12 heavy (non-hydrogen) atoms. The van der Waals surface area contributed by atoms with E-state index in [-0.39, 0.29) is 9.24 Å². The Morgan fingerprint density at radius 1 is 1.50 bits per heavy atom. The van der Waals surface area contributed by atoms with E-state index in [1.165, 1.54) is 0 Å². The summed E-state index contributed by atoms with van der Waals surface area (Å²) >= 11 is 7.15. The second kappa shape index (κ2) is 3.14. The topological polar surface area (TPSA) is 28.7 Å². The lowest BCUT2D eigenvalue weighted by atomic mass is 10.4. The van der Waals surface area contributed by atoms with E-state index in [2.05, 4.69) is 33.1 Å². The van der Waals surface area contributed by atoms with Gasteiger partial charge in [0, 0.05) is 0 Å². The van der Waals surface area contributed by atoms with Gasteiger partial charge in [-0.05, 0) is 15.9 Å². The molecule has 0 bridgehead atoms. The van der Waals surface area contributed by atoms with Gasteiger partial charge in [-0.2, -0.15) is 13.2 Å². The van der Waals surface area contributed by atoms with Crippen molar-refractivity contribution in [2.24, 2.45) is 0 Å². The van der Waals surface area contributed by atoms with Crippen molar-refractivity contribution in [3.05, 3.63) is 21.1 Å². The lowest BCUT2D eigenvalue weighted by Crippen LogP contribution is -2.09. The van der Waals surface area contributed by atoms with Crippen LogP contribution in [-0.2, 0) is 6.18 Å². The van der Waals surface area contributed by atoms with Gasteiger partial charge < -0.3 is 4.98 Å². The zero-order valence-corrected chi connectivity index (χ0v) is 7.85. The number of alkyl halides is 3. The number of hydrogen-bond acceptors (Lipinski definition) is 2. The molecule has 7 heteroatoms. The number of aromatic amines is 1. The van der Waals surface area contributed by atoms with Crippen LogP contribution in [0.2, 0.25) is 0 Å². The standard InChI is InChI=1S/C5H2BrF3N2S/c6-4-3(5(7,8)9)11-2(12)1-10-4/h1H,(H,11,12). The van der Waals surface area contributed by atoms with E-state index in [0.717, 1.165) is 6.20 Å². The lowest BCUT2D eigenvalue weighted by molar-refractivity contribution is -0.142. The lowest BCUT2D eigenvalue weighted by Gasteiger charge is -2.06. The fraction of sp³-hybridized carbons (Fsp3) is 0.200. The Bertz CT molecular complexity index is 345. The molecule has 0 atom stereocenters. The molecule has 1 N–H and O–H groups in total. The summed E-state index contributed by atoms with van der Waals surface area (Å²) in [5.41, 5.74) is -0.963. The molecular weight excluding hydrogens is 257 g/mol. The fourth-order valence-electron chi connectivity index (χ4n) is 0.575. The smallest absolute Gasteiger partial charge is 0.339 e. The number of rotatable bonds is 0. The molecular formula is C5H2BrF3N2S. The van der Waals surface area contributed by atoms with Gasteiger partial charge in [-0.1, -0.05) is 12.2 Å². The van der Waals surface area contributed by atoms with Gasteiger partial charge in [0.1, 0.15) is 9.24 Å². The van der Waals surface area contributed by atoms with Gasteiger partial charge in [-0.3, -0.25) is 0 Å². The third kappa shape index (κ3) is 2.04. The third-order valence-corrected chi connectivity index (χ3v) is 1.84. The Hall–Kier alpha value is -0.430. The van der Waals surface area contributed by atoms with Gasteiger partial charge >= 0.3 is 6.18 Å². The molecule has 0 unspecified atom stereocenters. The van der Waals surface area contributed by atoms with E-state index < -0.39 is 11.9 Å². The molecule has 66 valence electrons. The maximum atomic E-state index is 12.1. The third-order valence-electron chi connectivity index (χ3n) is 1.03. The van der Waals surface area contributed by atoms with Crippen LogP contribution in [0.25, 0.3) is 0 Å². The zero-order valence-electron chi connectivity index (χ0n) is 5.44. The van der Waals surface area contributed by atoms with Crippen molar-refractivity contribution >= 4 is 28.1 Å². The Labute approximate surface area is 79.0 Å². The molecule has 0 amide bonds. The Morgan fingerprint density at radius 2 is 2.08 bits per heavy atom. The molecule has 0 aliphatic carbocycles. The predicted octanol–water partition coefficient (Wildman–Crippen LogP) is 2.92. The second-order valence-electron chi connectivity index (χ2n) is 1.91. The number of hydrogen-bond donors (Lipinski definition) is 1. The van der Waals surface area contributed by atoms with Gasteiger partial charge in [-0.15, -0.1) is 0 Å². The van der Waals surface area contributed by atoms with Crippen LogP contribution in [0.3, 0.4) is 0 Å². The van der Waals surface area contributed by atoms with Gasteiger partial charge in [0.2, 0.25) is 0 Å². The maximum Gasteiger partial charge on any atom is 0.433 e. The highest BCUT2D eigenvalue weighted by atomic mass is 79.9. The highest BCUT2D eigenvalue weighted by Gasteiger charge is 2.34. The van der Waals surface area contributed by atoms with Crippen molar-refractivity contribution in [2.75, 3.05) is 0 Å². The first-order valence-corrected chi connectivity index (χ1v) is 3.93. The van der Waals surface area contributed by atoms with E-state index in [9.17, 15) is 13.2 Å². The second-order valence-corrected chi connectivity index (χ2v) is 3.10. The Balaban J connectivity index is 3.33. The molecule has 1 rings (SSSR count). The van der Waals surface area contributed by atoms with Crippen LogP contribution < -0.4 is 0 Å². The summed E-state index contributed by atoms with van der Waals surface area (Å²) in [6, 6.07) is 0. The van der Waals surface area contributed by atoms with Crippen molar-refractivity contribution < 1.29 is 13.2 Å². The van der Waals surface area contributed by atoms with Crippen LogP contribution in [0.5, 0.6) is 0 Å². The van der Waals surface area contributed by atoms with Crippen LogP contribution in [0.1, 0.15) is 5.69 Å². The first kappa shape index (κ1) is 9.66. The molecule has 0 radical (unpaired) electrons. The average molecular weight is 259 g/mol. The molecule has 0 saturated heterocycles. The Kier molecular flexibility index (Phi) is 2.52. The molecule has 0 aliphatic heterocycles. The van der Waals surface area contributed by atoms with Gasteiger partial charge in [-0.25, -0.2) is 4.98 Å². The molecule has 0 aliphatic rings. The molecule has 0 spiro atoms. The Morgan fingerprint density at radius 3 is 2.50 bits per heavy atom. The molecule has 1 aromatic heterocycles. The van der Waals surface area contributed by atoms with Crippen LogP contribution in [-0.4, -0.2) is 9.97 Å². The summed E-state index contributed by atoms with van der Waals surface area (Å²) in [7, 11) is 0. The number of H-pyrrole nitrogens is 1. The molecule has 0 aromatic carbocycles. The van der Waals surface area contributed by atoms with E-state index >= 15 is 0 Å². The predicted molar refractivity (Wildman–Crippen MR) is 42.1 cm³/mol. The quantitative estimate of drug-likeness (QED) is 0.725. The first-order valence-electron chi connectivity index (χ1n) is 2.73. The van der Waals surface area contributed by atoms with E-state index in [0.29, 0.717) is 0 Å². The highest BCUT2D eigenvalue weighted by molar-refractivity contribution is 9.10. The van der Waals surface area contributed by atoms with E-state index in [1.807, 2.05) is 4.98 Å². The molecule has 0 fully saturated rings.